The first kappa shape index (κ1) is 11.5. The van der Waals surface area contributed by atoms with Gasteiger partial charge in [-0.15, -0.1) is 0 Å². The number of rotatable bonds is 3. The first-order valence-corrected chi connectivity index (χ1v) is 6.38. The lowest BCUT2D eigenvalue weighted by molar-refractivity contribution is -0.121. The van der Waals surface area contributed by atoms with Gasteiger partial charge in [0.25, 0.3) is 0 Å². The first-order valence-electron chi connectivity index (χ1n) is 4.56. The molecule has 0 saturated carbocycles. The van der Waals surface area contributed by atoms with Crippen LogP contribution in [0.2, 0.25) is 0 Å². The van der Waals surface area contributed by atoms with Crippen LogP contribution in [0.1, 0.15) is 6.42 Å². The van der Waals surface area contributed by atoms with Crippen molar-refractivity contribution >= 4 is 15.7 Å². The van der Waals surface area contributed by atoms with Gasteiger partial charge < -0.3 is 5.32 Å². The van der Waals surface area contributed by atoms with Crippen LogP contribution in [-0.4, -0.2) is 57.4 Å². The number of carbonyl (C=O) groups excluding carboxylic acids is 1. The third kappa shape index (κ3) is 2.95. The van der Waals surface area contributed by atoms with Crippen LogP contribution >= 0.6 is 0 Å². The van der Waals surface area contributed by atoms with Crippen LogP contribution < -0.4 is 5.32 Å². The molecule has 1 heterocycles. The Hall–Kier alpha value is -0.620. The monoisotopic (exact) mass is 220 g/mol. The zero-order chi connectivity index (χ0) is 10.8. The molecule has 1 atom stereocenters. The van der Waals surface area contributed by atoms with Crippen molar-refractivity contribution in [3.05, 3.63) is 0 Å². The van der Waals surface area contributed by atoms with E-state index in [9.17, 15) is 13.2 Å². The topological polar surface area (TPSA) is 66.5 Å². The van der Waals surface area contributed by atoms with E-state index in [1.807, 2.05) is 0 Å². The van der Waals surface area contributed by atoms with Crippen molar-refractivity contribution in [3.8, 4) is 0 Å². The van der Waals surface area contributed by atoms with Gasteiger partial charge in [0, 0.05) is 13.1 Å². The fourth-order valence-electron chi connectivity index (χ4n) is 1.56. The summed E-state index contributed by atoms with van der Waals surface area (Å²) in [4.78, 5) is 12.8. The van der Waals surface area contributed by atoms with Crippen LogP contribution in [0.25, 0.3) is 0 Å². The lowest BCUT2D eigenvalue weighted by atomic mass is 10.2. The van der Waals surface area contributed by atoms with Gasteiger partial charge in [-0.05, 0) is 13.5 Å². The number of carbonyl (C=O) groups is 1. The maximum Gasteiger partial charge on any atom is 0.233 e. The van der Waals surface area contributed by atoms with E-state index in [1.54, 1.807) is 19.0 Å². The van der Waals surface area contributed by atoms with E-state index in [4.69, 9.17) is 0 Å². The van der Waals surface area contributed by atoms with Crippen LogP contribution in [0.3, 0.4) is 0 Å². The number of amides is 1. The average Bonchev–Trinajstić information content (AvgIpc) is 2.46. The van der Waals surface area contributed by atoms with Crippen molar-refractivity contribution in [2.24, 2.45) is 0 Å². The highest BCUT2D eigenvalue weighted by Crippen LogP contribution is 2.15. The molecule has 0 radical (unpaired) electrons. The largest absolute Gasteiger partial charge is 0.358 e. The Morgan fingerprint density at radius 1 is 1.57 bits per heavy atom. The molecule has 0 aromatic heterocycles. The van der Waals surface area contributed by atoms with E-state index in [0.29, 0.717) is 6.42 Å². The molecule has 1 N–H and O–H groups in total. The van der Waals surface area contributed by atoms with Crippen molar-refractivity contribution in [1.29, 1.82) is 0 Å². The molecule has 1 aliphatic heterocycles. The molecule has 0 aliphatic carbocycles. The normalized spacial score (nSPS) is 25.2. The molecule has 14 heavy (non-hydrogen) atoms. The molecular weight excluding hydrogens is 204 g/mol. The zero-order valence-corrected chi connectivity index (χ0v) is 9.30. The summed E-state index contributed by atoms with van der Waals surface area (Å²) in [6.45, 7) is 0.261. The van der Waals surface area contributed by atoms with Crippen molar-refractivity contribution in [3.63, 3.8) is 0 Å². The quantitative estimate of drug-likeness (QED) is 0.652. The second-order valence-corrected chi connectivity index (χ2v) is 5.87. The number of likely N-dealkylation sites (N-methyl/N-ethyl adjacent to an activating group) is 2. The van der Waals surface area contributed by atoms with E-state index in [2.05, 4.69) is 5.32 Å². The minimum atomic E-state index is -2.86. The maximum absolute atomic E-state index is 11.2. The predicted molar refractivity (Wildman–Crippen MR) is 53.8 cm³/mol. The smallest absolute Gasteiger partial charge is 0.233 e. The standard InChI is InChI=1S/C8H16N2O3S/c1-9-8(11)5-10(2)7-3-4-14(12,13)6-7/h7H,3-6H2,1-2H3,(H,9,11)/t7-/m0/s1. The molecular formula is C8H16N2O3S. The second-order valence-electron chi connectivity index (χ2n) is 3.65. The van der Waals surface area contributed by atoms with Crippen LogP contribution in [0.4, 0.5) is 0 Å². The van der Waals surface area contributed by atoms with Gasteiger partial charge in [0.15, 0.2) is 9.84 Å². The Labute approximate surface area is 84.4 Å². The number of nitrogens with zero attached hydrogens (tertiary/aromatic N) is 1. The van der Waals surface area contributed by atoms with Gasteiger partial charge in [0.2, 0.25) is 5.91 Å². The molecule has 0 spiro atoms. The molecule has 0 unspecified atom stereocenters. The summed E-state index contributed by atoms with van der Waals surface area (Å²) in [6, 6.07) is -0.00250. The highest BCUT2D eigenvalue weighted by Gasteiger charge is 2.30. The van der Waals surface area contributed by atoms with E-state index >= 15 is 0 Å². The number of hydrogen-bond acceptors (Lipinski definition) is 4. The number of hydrogen-bond donors (Lipinski definition) is 1. The molecule has 1 fully saturated rings. The van der Waals surface area contributed by atoms with Gasteiger partial charge in [0.1, 0.15) is 0 Å². The molecule has 82 valence electrons. The van der Waals surface area contributed by atoms with E-state index in [-0.39, 0.29) is 30.0 Å². The van der Waals surface area contributed by atoms with Crippen LogP contribution in [0, 0.1) is 0 Å². The third-order valence-corrected chi connectivity index (χ3v) is 4.25. The van der Waals surface area contributed by atoms with Gasteiger partial charge >= 0.3 is 0 Å². The molecule has 6 heteroatoms. The second kappa shape index (κ2) is 4.27. The third-order valence-electron chi connectivity index (χ3n) is 2.50. The molecule has 1 amide bonds. The summed E-state index contributed by atoms with van der Waals surface area (Å²) < 4.78 is 22.3. The molecule has 1 saturated heterocycles. The lowest BCUT2D eigenvalue weighted by Gasteiger charge is -2.21. The highest BCUT2D eigenvalue weighted by atomic mass is 32.2. The Balaban J connectivity index is 2.47. The van der Waals surface area contributed by atoms with Gasteiger partial charge in [-0.3, -0.25) is 9.69 Å². The molecule has 0 aromatic rings. The first-order chi connectivity index (χ1) is 6.44. The van der Waals surface area contributed by atoms with Gasteiger partial charge in [0.05, 0.1) is 18.1 Å². The zero-order valence-electron chi connectivity index (χ0n) is 8.49. The number of sulfone groups is 1. The fraction of sp³-hybridized carbons (Fsp3) is 0.875. The minimum Gasteiger partial charge on any atom is -0.358 e. The summed E-state index contributed by atoms with van der Waals surface area (Å²) in [5.41, 5.74) is 0. The lowest BCUT2D eigenvalue weighted by Crippen LogP contribution is -2.40. The summed E-state index contributed by atoms with van der Waals surface area (Å²) in [5.74, 6) is 0.341. The van der Waals surface area contributed by atoms with Gasteiger partial charge in [-0.25, -0.2) is 8.42 Å². The van der Waals surface area contributed by atoms with E-state index in [1.165, 1.54) is 0 Å². The van der Waals surface area contributed by atoms with Crippen molar-refractivity contribution in [2.45, 2.75) is 12.5 Å². The van der Waals surface area contributed by atoms with Crippen LogP contribution in [0.15, 0.2) is 0 Å². The Bertz CT molecular complexity index is 313. The molecule has 1 aliphatic rings. The van der Waals surface area contributed by atoms with Gasteiger partial charge in [-0.1, -0.05) is 0 Å². The van der Waals surface area contributed by atoms with Gasteiger partial charge in [-0.2, -0.15) is 0 Å². The minimum absolute atomic E-state index is 0.00250. The van der Waals surface area contributed by atoms with E-state index < -0.39 is 9.84 Å². The summed E-state index contributed by atoms with van der Waals surface area (Å²) in [6.07, 6.45) is 0.635. The van der Waals surface area contributed by atoms with Crippen molar-refractivity contribution in [2.75, 3.05) is 32.1 Å². The summed E-state index contributed by atoms with van der Waals surface area (Å²) in [7, 11) is 0.493. The number of nitrogens with one attached hydrogen (secondary N) is 1. The Morgan fingerprint density at radius 2 is 2.21 bits per heavy atom. The fourth-order valence-corrected chi connectivity index (χ4v) is 3.36. The summed E-state index contributed by atoms with van der Waals surface area (Å²) in [5, 5.41) is 2.51. The van der Waals surface area contributed by atoms with Crippen molar-refractivity contribution < 1.29 is 13.2 Å². The Kier molecular flexibility index (Phi) is 3.49. The van der Waals surface area contributed by atoms with Crippen LogP contribution in [0.5, 0.6) is 0 Å². The predicted octanol–water partition coefficient (Wildman–Crippen LogP) is -1.15. The van der Waals surface area contributed by atoms with E-state index in [0.717, 1.165) is 0 Å². The Morgan fingerprint density at radius 3 is 2.64 bits per heavy atom. The van der Waals surface area contributed by atoms with Crippen LogP contribution in [-0.2, 0) is 14.6 Å². The SMILES string of the molecule is CNC(=O)CN(C)[C@H]1CCS(=O)(=O)C1. The summed E-state index contributed by atoms with van der Waals surface area (Å²) >= 11 is 0. The highest BCUT2D eigenvalue weighted by molar-refractivity contribution is 7.91. The molecule has 5 nitrogen and oxygen atoms in total. The molecule has 0 bridgehead atoms. The average molecular weight is 220 g/mol. The molecule has 0 aromatic carbocycles. The van der Waals surface area contributed by atoms with Crippen molar-refractivity contribution in [1.82, 2.24) is 10.2 Å². The maximum atomic E-state index is 11.2. The molecule has 1 rings (SSSR count).